The molecule has 0 spiro atoms. The van der Waals surface area contributed by atoms with Gasteiger partial charge in [-0.3, -0.25) is 0 Å². The van der Waals surface area contributed by atoms with Crippen molar-refractivity contribution in [3.8, 4) is 0 Å². The van der Waals surface area contributed by atoms with Crippen LogP contribution in [0.5, 0.6) is 0 Å². The minimum Gasteiger partial charge on any atom is -0.315 e. The summed E-state index contributed by atoms with van der Waals surface area (Å²) in [5.41, 5.74) is 0. The number of likely N-dealkylation sites (N-methyl/N-ethyl adjacent to an activating group) is 1. The van der Waals surface area contributed by atoms with Crippen LogP contribution in [0.4, 0.5) is 0 Å². The third-order valence-corrected chi connectivity index (χ3v) is 4.54. The van der Waals surface area contributed by atoms with Gasteiger partial charge >= 0.3 is 0 Å². The normalized spacial score (nSPS) is 36.8. The first-order chi connectivity index (χ1) is 7.75. The second-order valence-electron chi connectivity index (χ2n) is 6.07. The van der Waals surface area contributed by atoms with Crippen LogP contribution >= 0.6 is 0 Å². The minimum absolute atomic E-state index is 0.799. The molecule has 3 atom stereocenters. The van der Waals surface area contributed by atoms with Gasteiger partial charge in [0.1, 0.15) is 0 Å². The molecule has 1 saturated heterocycles. The highest BCUT2D eigenvalue weighted by Crippen LogP contribution is 2.29. The average molecular weight is 224 g/mol. The highest BCUT2D eigenvalue weighted by Gasteiger charge is 2.22. The molecule has 0 aromatic heterocycles. The summed E-state index contributed by atoms with van der Waals surface area (Å²) < 4.78 is 0. The smallest absolute Gasteiger partial charge is 0.0217 e. The summed E-state index contributed by atoms with van der Waals surface area (Å²) in [7, 11) is 2.28. The van der Waals surface area contributed by atoms with Gasteiger partial charge in [-0.25, -0.2) is 0 Å². The fraction of sp³-hybridized carbons (Fsp3) is 1.00. The SMILES string of the molecule is CC1CCC(CNCC2CCCCN2C)C1. The van der Waals surface area contributed by atoms with E-state index in [-0.39, 0.29) is 0 Å². The number of piperidine rings is 1. The van der Waals surface area contributed by atoms with Crippen LogP contribution < -0.4 is 5.32 Å². The second-order valence-corrected chi connectivity index (χ2v) is 6.07. The second kappa shape index (κ2) is 6.02. The van der Waals surface area contributed by atoms with Gasteiger partial charge in [0.25, 0.3) is 0 Å². The van der Waals surface area contributed by atoms with Gasteiger partial charge in [-0.1, -0.05) is 19.8 Å². The van der Waals surface area contributed by atoms with Gasteiger partial charge in [0, 0.05) is 12.6 Å². The van der Waals surface area contributed by atoms with E-state index in [9.17, 15) is 0 Å². The van der Waals surface area contributed by atoms with Crippen LogP contribution in [-0.2, 0) is 0 Å². The van der Waals surface area contributed by atoms with Crippen molar-refractivity contribution in [1.29, 1.82) is 0 Å². The molecule has 2 aliphatic rings. The van der Waals surface area contributed by atoms with E-state index >= 15 is 0 Å². The van der Waals surface area contributed by atoms with E-state index < -0.39 is 0 Å². The largest absolute Gasteiger partial charge is 0.315 e. The highest BCUT2D eigenvalue weighted by atomic mass is 15.2. The van der Waals surface area contributed by atoms with Crippen molar-refractivity contribution < 1.29 is 0 Å². The maximum Gasteiger partial charge on any atom is 0.0217 e. The molecule has 0 amide bonds. The fourth-order valence-electron chi connectivity index (χ4n) is 3.37. The number of nitrogens with zero attached hydrogens (tertiary/aromatic N) is 1. The Hall–Kier alpha value is -0.0800. The summed E-state index contributed by atoms with van der Waals surface area (Å²) in [4.78, 5) is 2.54. The zero-order chi connectivity index (χ0) is 11.4. The summed E-state index contributed by atoms with van der Waals surface area (Å²) in [6.07, 6.45) is 8.58. The van der Waals surface area contributed by atoms with Crippen LogP contribution in [0.3, 0.4) is 0 Å². The van der Waals surface area contributed by atoms with Gasteiger partial charge in [0.05, 0.1) is 0 Å². The number of hydrogen-bond acceptors (Lipinski definition) is 2. The molecule has 94 valence electrons. The third kappa shape index (κ3) is 3.46. The van der Waals surface area contributed by atoms with Crippen molar-refractivity contribution >= 4 is 0 Å². The number of hydrogen-bond donors (Lipinski definition) is 1. The Balaban J connectivity index is 1.60. The lowest BCUT2D eigenvalue weighted by atomic mass is 10.0. The van der Waals surface area contributed by atoms with Crippen molar-refractivity contribution in [3.63, 3.8) is 0 Å². The van der Waals surface area contributed by atoms with E-state index in [1.165, 1.54) is 58.2 Å². The van der Waals surface area contributed by atoms with Crippen LogP contribution in [0, 0.1) is 11.8 Å². The van der Waals surface area contributed by atoms with Crippen LogP contribution in [0.1, 0.15) is 45.4 Å². The van der Waals surface area contributed by atoms with Gasteiger partial charge in [-0.05, 0) is 57.7 Å². The van der Waals surface area contributed by atoms with Gasteiger partial charge in [-0.15, -0.1) is 0 Å². The van der Waals surface area contributed by atoms with Crippen molar-refractivity contribution in [2.45, 2.75) is 51.5 Å². The first kappa shape index (κ1) is 12.4. The van der Waals surface area contributed by atoms with Gasteiger partial charge in [0.2, 0.25) is 0 Å². The summed E-state index contributed by atoms with van der Waals surface area (Å²) in [6, 6.07) is 0.799. The Kier molecular flexibility index (Phi) is 4.66. The zero-order valence-corrected chi connectivity index (χ0v) is 11.0. The molecule has 1 aliphatic heterocycles. The standard InChI is InChI=1S/C14H28N2/c1-12-6-7-13(9-12)10-15-11-14-5-3-4-8-16(14)2/h12-15H,3-11H2,1-2H3. The van der Waals surface area contributed by atoms with E-state index in [2.05, 4.69) is 24.2 Å². The molecule has 3 unspecified atom stereocenters. The van der Waals surface area contributed by atoms with Crippen molar-refractivity contribution in [1.82, 2.24) is 10.2 Å². The molecule has 16 heavy (non-hydrogen) atoms. The predicted octanol–water partition coefficient (Wildman–Crippen LogP) is 2.50. The lowest BCUT2D eigenvalue weighted by Crippen LogP contribution is -2.43. The molecule has 1 heterocycles. The van der Waals surface area contributed by atoms with Crippen molar-refractivity contribution in [3.05, 3.63) is 0 Å². The molecule has 1 aliphatic carbocycles. The molecule has 0 radical (unpaired) electrons. The molecular formula is C14H28N2. The van der Waals surface area contributed by atoms with Gasteiger partial charge in [0.15, 0.2) is 0 Å². The number of nitrogens with one attached hydrogen (secondary N) is 1. The first-order valence-corrected chi connectivity index (χ1v) is 7.16. The molecule has 1 N–H and O–H groups in total. The Morgan fingerprint density at radius 3 is 2.69 bits per heavy atom. The third-order valence-electron chi connectivity index (χ3n) is 4.54. The Bertz CT molecular complexity index is 205. The Morgan fingerprint density at radius 2 is 2.00 bits per heavy atom. The van der Waals surface area contributed by atoms with Crippen molar-refractivity contribution in [2.24, 2.45) is 11.8 Å². The first-order valence-electron chi connectivity index (χ1n) is 7.16. The fourth-order valence-corrected chi connectivity index (χ4v) is 3.37. The van der Waals surface area contributed by atoms with E-state index in [0.29, 0.717) is 0 Å². The molecule has 0 aromatic carbocycles. The highest BCUT2D eigenvalue weighted by molar-refractivity contribution is 4.79. The Labute approximate surface area is 101 Å². The molecule has 1 saturated carbocycles. The predicted molar refractivity (Wildman–Crippen MR) is 69.6 cm³/mol. The summed E-state index contributed by atoms with van der Waals surface area (Å²) in [6.45, 7) is 6.16. The molecule has 2 heteroatoms. The van der Waals surface area contributed by atoms with Crippen molar-refractivity contribution in [2.75, 3.05) is 26.7 Å². The zero-order valence-electron chi connectivity index (χ0n) is 11.0. The molecule has 2 rings (SSSR count). The van der Waals surface area contributed by atoms with E-state index in [1.807, 2.05) is 0 Å². The number of rotatable bonds is 4. The topological polar surface area (TPSA) is 15.3 Å². The van der Waals surface area contributed by atoms with Crippen LogP contribution in [0.2, 0.25) is 0 Å². The maximum atomic E-state index is 3.71. The van der Waals surface area contributed by atoms with E-state index in [0.717, 1.165) is 17.9 Å². The summed E-state index contributed by atoms with van der Waals surface area (Å²) in [5, 5.41) is 3.71. The van der Waals surface area contributed by atoms with Gasteiger partial charge in [-0.2, -0.15) is 0 Å². The van der Waals surface area contributed by atoms with Crippen LogP contribution in [0.25, 0.3) is 0 Å². The Morgan fingerprint density at radius 1 is 1.12 bits per heavy atom. The quantitative estimate of drug-likeness (QED) is 0.789. The summed E-state index contributed by atoms with van der Waals surface area (Å²) in [5.74, 6) is 1.94. The maximum absolute atomic E-state index is 3.71. The average Bonchev–Trinajstić information content (AvgIpc) is 2.67. The van der Waals surface area contributed by atoms with Crippen LogP contribution in [-0.4, -0.2) is 37.6 Å². The molecule has 0 aromatic rings. The molecular weight excluding hydrogens is 196 g/mol. The van der Waals surface area contributed by atoms with E-state index in [1.54, 1.807) is 0 Å². The lowest BCUT2D eigenvalue weighted by molar-refractivity contribution is 0.180. The van der Waals surface area contributed by atoms with Crippen LogP contribution in [0.15, 0.2) is 0 Å². The molecule has 2 fully saturated rings. The lowest BCUT2D eigenvalue weighted by Gasteiger charge is -2.32. The molecule has 2 nitrogen and oxygen atoms in total. The monoisotopic (exact) mass is 224 g/mol. The number of likely N-dealkylation sites (tertiary alicyclic amines) is 1. The molecule has 0 bridgehead atoms. The summed E-state index contributed by atoms with van der Waals surface area (Å²) >= 11 is 0. The minimum atomic E-state index is 0.799. The van der Waals surface area contributed by atoms with E-state index in [4.69, 9.17) is 0 Å². The van der Waals surface area contributed by atoms with Gasteiger partial charge < -0.3 is 10.2 Å².